The molecule has 0 bridgehead atoms. The number of ether oxygens (including phenoxy) is 1. The SMILES string of the molecule is Cc1cc2c(cc1C)OC(C(=O)Nc1cccc(CCC(=O)O)c1)C2. The standard InChI is InChI=1S/C20H21NO4/c1-12-8-15-11-18(25-17(15)9-13(12)2)20(24)21-16-5-3-4-14(10-16)6-7-19(22)23/h3-5,8-10,18H,6-7,11H2,1-2H3,(H,21,24)(H,22,23). The predicted molar refractivity (Wildman–Crippen MR) is 95.1 cm³/mol. The van der Waals surface area contributed by atoms with E-state index in [0.29, 0.717) is 18.5 Å². The van der Waals surface area contributed by atoms with Crippen LogP contribution in [-0.4, -0.2) is 23.1 Å². The highest BCUT2D eigenvalue weighted by Gasteiger charge is 2.29. The van der Waals surface area contributed by atoms with Gasteiger partial charge in [-0.15, -0.1) is 0 Å². The second-order valence-electron chi connectivity index (χ2n) is 6.44. The lowest BCUT2D eigenvalue weighted by molar-refractivity contribution is -0.137. The number of aliphatic carboxylic acids is 1. The number of anilines is 1. The third kappa shape index (κ3) is 3.99. The summed E-state index contributed by atoms with van der Waals surface area (Å²) in [5.41, 5.74) is 4.92. The van der Waals surface area contributed by atoms with Gasteiger partial charge in [0.15, 0.2) is 6.10 Å². The van der Waals surface area contributed by atoms with Crippen LogP contribution < -0.4 is 10.1 Å². The van der Waals surface area contributed by atoms with Crippen LogP contribution in [0.2, 0.25) is 0 Å². The van der Waals surface area contributed by atoms with E-state index in [1.54, 1.807) is 12.1 Å². The summed E-state index contributed by atoms with van der Waals surface area (Å²) in [5, 5.41) is 11.6. The van der Waals surface area contributed by atoms with E-state index < -0.39 is 12.1 Å². The van der Waals surface area contributed by atoms with E-state index in [2.05, 4.69) is 11.4 Å². The number of rotatable bonds is 5. The van der Waals surface area contributed by atoms with E-state index in [9.17, 15) is 9.59 Å². The van der Waals surface area contributed by atoms with Crippen LogP contribution in [0.5, 0.6) is 5.75 Å². The van der Waals surface area contributed by atoms with Crippen molar-refractivity contribution in [1.29, 1.82) is 0 Å². The van der Waals surface area contributed by atoms with Gasteiger partial charge in [-0.2, -0.15) is 0 Å². The molecule has 0 aromatic heterocycles. The lowest BCUT2D eigenvalue weighted by Gasteiger charge is -2.12. The summed E-state index contributed by atoms with van der Waals surface area (Å²) in [6, 6.07) is 11.3. The summed E-state index contributed by atoms with van der Waals surface area (Å²) >= 11 is 0. The van der Waals surface area contributed by atoms with Gasteiger partial charge >= 0.3 is 5.97 Å². The summed E-state index contributed by atoms with van der Waals surface area (Å²) in [6.45, 7) is 4.07. The fourth-order valence-corrected chi connectivity index (χ4v) is 2.94. The van der Waals surface area contributed by atoms with E-state index in [0.717, 1.165) is 22.4 Å². The molecule has 0 aliphatic carbocycles. The predicted octanol–water partition coefficient (Wildman–Crippen LogP) is 3.26. The molecule has 1 aliphatic heterocycles. The Hall–Kier alpha value is -2.82. The molecule has 1 heterocycles. The Morgan fingerprint density at radius 1 is 1.20 bits per heavy atom. The molecule has 0 spiro atoms. The fourth-order valence-electron chi connectivity index (χ4n) is 2.94. The van der Waals surface area contributed by atoms with Gasteiger partial charge in [-0.25, -0.2) is 0 Å². The van der Waals surface area contributed by atoms with Crippen LogP contribution in [0.25, 0.3) is 0 Å². The first kappa shape index (κ1) is 17.0. The van der Waals surface area contributed by atoms with Crippen molar-refractivity contribution in [1.82, 2.24) is 0 Å². The maximum atomic E-state index is 12.5. The van der Waals surface area contributed by atoms with Crippen molar-refractivity contribution >= 4 is 17.6 Å². The molecule has 5 heteroatoms. The van der Waals surface area contributed by atoms with Crippen molar-refractivity contribution < 1.29 is 19.4 Å². The Balaban J connectivity index is 1.65. The Morgan fingerprint density at radius 2 is 1.96 bits per heavy atom. The van der Waals surface area contributed by atoms with Crippen molar-refractivity contribution in [2.75, 3.05) is 5.32 Å². The van der Waals surface area contributed by atoms with Gasteiger partial charge in [0.25, 0.3) is 5.91 Å². The summed E-state index contributed by atoms with van der Waals surface area (Å²) in [4.78, 5) is 23.2. The summed E-state index contributed by atoms with van der Waals surface area (Å²) in [6.07, 6.45) is 0.514. The van der Waals surface area contributed by atoms with Gasteiger partial charge in [0.2, 0.25) is 0 Å². The fraction of sp³-hybridized carbons (Fsp3) is 0.300. The van der Waals surface area contributed by atoms with Crippen molar-refractivity contribution in [2.24, 2.45) is 0 Å². The maximum Gasteiger partial charge on any atom is 0.303 e. The number of carbonyl (C=O) groups is 2. The van der Waals surface area contributed by atoms with Crippen LogP contribution in [-0.2, 0) is 22.4 Å². The highest BCUT2D eigenvalue weighted by molar-refractivity contribution is 5.95. The Bertz CT molecular complexity index is 797. The van der Waals surface area contributed by atoms with Crippen molar-refractivity contribution in [3.8, 4) is 5.75 Å². The molecule has 3 rings (SSSR count). The number of carboxylic acids is 1. The lowest BCUT2D eigenvalue weighted by Crippen LogP contribution is -2.31. The molecule has 2 aromatic rings. The third-order valence-electron chi connectivity index (χ3n) is 4.47. The largest absolute Gasteiger partial charge is 0.481 e. The molecule has 1 aliphatic rings. The number of amides is 1. The number of hydrogen-bond donors (Lipinski definition) is 2. The van der Waals surface area contributed by atoms with E-state index in [1.165, 1.54) is 5.56 Å². The van der Waals surface area contributed by atoms with Crippen LogP contribution >= 0.6 is 0 Å². The van der Waals surface area contributed by atoms with Crippen LogP contribution in [0.4, 0.5) is 5.69 Å². The van der Waals surface area contributed by atoms with Gasteiger partial charge in [-0.05, 0) is 60.7 Å². The molecule has 2 aromatic carbocycles. The Labute approximate surface area is 146 Å². The average molecular weight is 339 g/mol. The first-order chi connectivity index (χ1) is 11.9. The smallest absolute Gasteiger partial charge is 0.303 e. The molecule has 2 N–H and O–H groups in total. The van der Waals surface area contributed by atoms with Gasteiger partial charge in [0.05, 0.1) is 0 Å². The van der Waals surface area contributed by atoms with E-state index in [4.69, 9.17) is 9.84 Å². The molecule has 1 amide bonds. The molecular formula is C20H21NO4. The van der Waals surface area contributed by atoms with Crippen molar-refractivity contribution in [2.45, 2.75) is 39.2 Å². The topological polar surface area (TPSA) is 75.6 Å². The minimum Gasteiger partial charge on any atom is -0.481 e. The normalized spacial score (nSPS) is 15.4. The van der Waals surface area contributed by atoms with Gasteiger partial charge in [0.1, 0.15) is 5.75 Å². The van der Waals surface area contributed by atoms with Crippen LogP contribution in [0.1, 0.15) is 28.7 Å². The summed E-state index contributed by atoms with van der Waals surface area (Å²) in [5.74, 6) is -0.252. The zero-order valence-electron chi connectivity index (χ0n) is 14.3. The van der Waals surface area contributed by atoms with Crippen LogP contribution in [0, 0.1) is 13.8 Å². The number of carboxylic acid groups (broad SMARTS) is 1. The number of aryl methyl sites for hydroxylation is 3. The van der Waals surface area contributed by atoms with Crippen LogP contribution in [0.3, 0.4) is 0 Å². The highest BCUT2D eigenvalue weighted by atomic mass is 16.5. The molecule has 5 nitrogen and oxygen atoms in total. The second kappa shape index (κ2) is 6.97. The Kier molecular flexibility index (Phi) is 4.74. The minimum atomic E-state index is -0.836. The molecule has 0 saturated carbocycles. The first-order valence-electron chi connectivity index (χ1n) is 8.31. The van der Waals surface area contributed by atoms with Crippen molar-refractivity contribution in [3.05, 3.63) is 58.7 Å². The maximum absolute atomic E-state index is 12.5. The van der Waals surface area contributed by atoms with E-state index in [-0.39, 0.29) is 12.3 Å². The van der Waals surface area contributed by atoms with Crippen LogP contribution in [0.15, 0.2) is 36.4 Å². The Morgan fingerprint density at radius 3 is 2.72 bits per heavy atom. The van der Waals surface area contributed by atoms with E-state index in [1.807, 2.05) is 32.0 Å². The number of carbonyl (C=O) groups excluding carboxylic acids is 1. The average Bonchev–Trinajstić information content (AvgIpc) is 2.96. The monoisotopic (exact) mass is 339 g/mol. The van der Waals surface area contributed by atoms with Gasteiger partial charge in [-0.3, -0.25) is 9.59 Å². The first-order valence-corrected chi connectivity index (χ1v) is 8.31. The summed E-state index contributed by atoms with van der Waals surface area (Å²) in [7, 11) is 0. The van der Waals surface area contributed by atoms with Gasteiger partial charge < -0.3 is 15.2 Å². The second-order valence-corrected chi connectivity index (χ2v) is 6.44. The molecule has 25 heavy (non-hydrogen) atoms. The third-order valence-corrected chi connectivity index (χ3v) is 4.47. The molecule has 0 radical (unpaired) electrons. The molecule has 1 atom stereocenters. The number of benzene rings is 2. The van der Waals surface area contributed by atoms with Gasteiger partial charge in [-0.1, -0.05) is 18.2 Å². The molecule has 0 saturated heterocycles. The molecular weight excluding hydrogens is 318 g/mol. The molecule has 1 unspecified atom stereocenters. The lowest BCUT2D eigenvalue weighted by atomic mass is 10.0. The molecule has 0 fully saturated rings. The minimum absolute atomic E-state index is 0.0666. The number of fused-ring (bicyclic) bond motifs is 1. The van der Waals surface area contributed by atoms with Gasteiger partial charge in [0, 0.05) is 18.5 Å². The quantitative estimate of drug-likeness (QED) is 0.877. The zero-order valence-corrected chi connectivity index (χ0v) is 14.3. The number of hydrogen-bond acceptors (Lipinski definition) is 3. The highest BCUT2D eigenvalue weighted by Crippen LogP contribution is 2.31. The zero-order chi connectivity index (χ0) is 18.0. The van der Waals surface area contributed by atoms with E-state index >= 15 is 0 Å². The molecule has 130 valence electrons. The summed E-state index contributed by atoms with van der Waals surface area (Å²) < 4.78 is 5.80. The van der Waals surface area contributed by atoms with Crippen molar-refractivity contribution in [3.63, 3.8) is 0 Å². The number of nitrogens with one attached hydrogen (secondary N) is 1.